The molecule has 0 saturated heterocycles. The number of hydrogen-bond donors (Lipinski definition) is 2. The van der Waals surface area contributed by atoms with E-state index in [1.54, 1.807) is 18.2 Å². The molecule has 1 aliphatic heterocycles. The molecule has 2 aliphatic rings. The number of aromatic carboxylic acids is 1. The maximum absolute atomic E-state index is 13.2. The first kappa shape index (κ1) is 22.0. The van der Waals surface area contributed by atoms with Gasteiger partial charge in [-0.1, -0.05) is 32.0 Å². The van der Waals surface area contributed by atoms with Crippen LogP contribution in [0.3, 0.4) is 0 Å². The minimum atomic E-state index is -3.69. The number of ether oxygens (including phenoxy) is 3. The summed E-state index contributed by atoms with van der Waals surface area (Å²) in [6.45, 7) is 3.73. The van der Waals surface area contributed by atoms with Gasteiger partial charge in [-0.15, -0.1) is 8.78 Å². The average Bonchev–Trinajstić information content (AvgIpc) is 3.42. The van der Waals surface area contributed by atoms with Gasteiger partial charge in [-0.05, 0) is 54.2 Å². The van der Waals surface area contributed by atoms with E-state index in [1.165, 1.54) is 24.3 Å². The summed E-state index contributed by atoms with van der Waals surface area (Å²) in [6.07, 6.45) is -2.97. The molecule has 2 aromatic carbocycles. The van der Waals surface area contributed by atoms with Crippen LogP contribution in [0.2, 0.25) is 0 Å². The Morgan fingerprint density at radius 2 is 1.75 bits per heavy atom. The van der Waals surface area contributed by atoms with Gasteiger partial charge in [0, 0.05) is 0 Å². The summed E-state index contributed by atoms with van der Waals surface area (Å²) in [5.74, 6) is -1.57. The summed E-state index contributed by atoms with van der Waals surface area (Å²) in [5, 5.41) is 12.1. The lowest BCUT2D eigenvalue weighted by molar-refractivity contribution is -0.286. The molecular formula is C23H23F2NO6. The fraction of sp³-hybridized carbons (Fsp3) is 0.391. The molecule has 0 aromatic heterocycles. The molecule has 1 unspecified atom stereocenters. The third-order valence-electron chi connectivity index (χ3n) is 5.56. The van der Waals surface area contributed by atoms with Crippen LogP contribution in [-0.4, -0.2) is 29.4 Å². The quantitative estimate of drug-likeness (QED) is 0.634. The second-order valence-corrected chi connectivity index (χ2v) is 8.38. The van der Waals surface area contributed by atoms with Gasteiger partial charge in [-0.2, -0.15) is 0 Å². The minimum absolute atomic E-state index is 0.0266. The summed E-state index contributed by atoms with van der Waals surface area (Å²) in [6, 6.07) is 10.8. The highest BCUT2D eigenvalue weighted by Crippen LogP contribution is 2.46. The Hall–Kier alpha value is -3.20. The number of amides is 1. The number of fused-ring (bicyclic) bond motifs is 1. The molecule has 170 valence electrons. The summed E-state index contributed by atoms with van der Waals surface area (Å²) in [4.78, 5) is 24.1. The number of alkyl halides is 2. The first-order chi connectivity index (χ1) is 15.1. The molecule has 9 heteroatoms. The molecule has 32 heavy (non-hydrogen) atoms. The molecular weight excluding hydrogens is 424 g/mol. The predicted molar refractivity (Wildman–Crippen MR) is 109 cm³/mol. The second-order valence-electron chi connectivity index (χ2n) is 8.38. The van der Waals surface area contributed by atoms with Gasteiger partial charge in [-0.3, -0.25) is 4.79 Å². The second kappa shape index (κ2) is 8.05. The van der Waals surface area contributed by atoms with Crippen LogP contribution in [0.4, 0.5) is 8.78 Å². The van der Waals surface area contributed by atoms with E-state index in [4.69, 9.17) is 9.84 Å². The van der Waals surface area contributed by atoms with Crippen LogP contribution < -0.4 is 14.8 Å². The van der Waals surface area contributed by atoms with Crippen molar-refractivity contribution in [3.63, 3.8) is 0 Å². The molecule has 1 saturated carbocycles. The Labute approximate surface area is 183 Å². The van der Waals surface area contributed by atoms with E-state index in [1.807, 2.05) is 13.8 Å². The Kier molecular flexibility index (Phi) is 5.54. The highest BCUT2D eigenvalue weighted by molar-refractivity contribution is 5.87. The van der Waals surface area contributed by atoms with E-state index in [2.05, 4.69) is 14.8 Å². The molecule has 1 aliphatic carbocycles. The van der Waals surface area contributed by atoms with Crippen molar-refractivity contribution in [2.24, 2.45) is 5.92 Å². The van der Waals surface area contributed by atoms with Crippen molar-refractivity contribution in [3.05, 3.63) is 59.2 Å². The number of nitrogens with one attached hydrogen (secondary N) is 1. The first-order valence-electron chi connectivity index (χ1n) is 10.2. The number of carbonyl (C=O) groups is 2. The molecule has 2 N–H and O–H groups in total. The van der Waals surface area contributed by atoms with E-state index in [0.717, 1.165) is 18.4 Å². The summed E-state index contributed by atoms with van der Waals surface area (Å²) < 4.78 is 41.1. The number of carboxylic acids is 1. The highest BCUT2D eigenvalue weighted by atomic mass is 19.3. The van der Waals surface area contributed by atoms with Crippen molar-refractivity contribution in [2.75, 3.05) is 0 Å². The van der Waals surface area contributed by atoms with E-state index >= 15 is 0 Å². The lowest BCUT2D eigenvalue weighted by Gasteiger charge is -2.25. The topological polar surface area (TPSA) is 94.1 Å². The van der Waals surface area contributed by atoms with Gasteiger partial charge >= 0.3 is 12.3 Å². The number of carboxylic acid groups (broad SMARTS) is 1. The van der Waals surface area contributed by atoms with E-state index in [-0.39, 0.29) is 35.5 Å². The molecule has 1 fully saturated rings. The molecule has 1 heterocycles. The number of rotatable bonds is 8. The van der Waals surface area contributed by atoms with E-state index < -0.39 is 23.9 Å². The first-order valence-corrected chi connectivity index (χ1v) is 10.2. The smallest absolute Gasteiger partial charge is 0.478 e. The number of carbonyl (C=O) groups excluding carboxylic acids is 1. The SMILES string of the molecule is CC(C)C(OCc1ccc2c(c1)OC(F)(F)O2)C(=O)NC1(c2ccc(C(=O)O)cc2)CC1. The van der Waals surface area contributed by atoms with Gasteiger partial charge < -0.3 is 24.6 Å². The number of halogens is 2. The van der Waals surface area contributed by atoms with Crippen LogP contribution in [0.1, 0.15) is 48.2 Å². The Morgan fingerprint density at radius 1 is 1.09 bits per heavy atom. The van der Waals surface area contributed by atoms with Gasteiger partial charge in [0.25, 0.3) is 0 Å². The van der Waals surface area contributed by atoms with Crippen LogP contribution in [-0.2, 0) is 21.7 Å². The average molecular weight is 447 g/mol. The van der Waals surface area contributed by atoms with Crippen LogP contribution in [0.25, 0.3) is 0 Å². The Balaban J connectivity index is 1.41. The zero-order chi connectivity index (χ0) is 23.1. The van der Waals surface area contributed by atoms with Crippen LogP contribution in [0.15, 0.2) is 42.5 Å². The third-order valence-corrected chi connectivity index (χ3v) is 5.56. The van der Waals surface area contributed by atoms with Crippen LogP contribution >= 0.6 is 0 Å². The monoisotopic (exact) mass is 447 g/mol. The van der Waals surface area contributed by atoms with Gasteiger partial charge in [-0.25, -0.2) is 4.79 Å². The number of hydrogen-bond acceptors (Lipinski definition) is 5. The molecule has 0 bridgehead atoms. The zero-order valence-electron chi connectivity index (χ0n) is 17.6. The normalized spacial score (nSPS) is 18.3. The van der Waals surface area contributed by atoms with E-state index in [0.29, 0.717) is 5.56 Å². The van der Waals surface area contributed by atoms with Crippen LogP contribution in [0.5, 0.6) is 11.5 Å². The van der Waals surface area contributed by atoms with Crippen molar-refractivity contribution < 1.29 is 37.7 Å². The molecule has 0 radical (unpaired) electrons. The van der Waals surface area contributed by atoms with Crippen molar-refractivity contribution in [1.29, 1.82) is 0 Å². The number of benzene rings is 2. The van der Waals surface area contributed by atoms with Crippen molar-refractivity contribution >= 4 is 11.9 Å². The lowest BCUT2D eigenvalue weighted by atomic mass is 10.0. The maximum atomic E-state index is 13.2. The lowest BCUT2D eigenvalue weighted by Crippen LogP contribution is -2.44. The molecule has 1 amide bonds. The third kappa shape index (κ3) is 4.52. The minimum Gasteiger partial charge on any atom is -0.478 e. The standard InChI is InChI=1S/C23H23F2NO6/c1-13(2)19(30-12-14-3-8-17-18(11-14)32-23(24,25)31-17)20(27)26-22(9-10-22)16-6-4-15(5-7-16)21(28)29/h3-8,11,13,19H,9-10,12H2,1-2H3,(H,26,27)(H,28,29). The predicted octanol–water partition coefficient (Wildman–Crippen LogP) is 4.05. The maximum Gasteiger partial charge on any atom is 0.586 e. The van der Waals surface area contributed by atoms with Gasteiger partial charge in [0.2, 0.25) is 5.91 Å². The van der Waals surface area contributed by atoms with Crippen molar-refractivity contribution in [2.45, 2.75) is 51.2 Å². The van der Waals surface area contributed by atoms with Crippen LogP contribution in [0, 0.1) is 5.92 Å². The molecule has 0 spiro atoms. The molecule has 1 atom stereocenters. The molecule has 7 nitrogen and oxygen atoms in total. The summed E-state index contributed by atoms with van der Waals surface area (Å²) in [5.41, 5.74) is 1.05. The van der Waals surface area contributed by atoms with Gasteiger partial charge in [0.1, 0.15) is 6.10 Å². The van der Waals surface area contributed by atoms with Crippen molar-refractivity contribution in [1.82, 2.24) is 5.32 Å². The van der Waals surface area contributed by atoms with Crippen molar-refractivity contribution in [3.8, 4) is 11.5 Å². The molecule has 2 aromatic rings. The Bertz CT molecular complexity index is 1030. The summed E-state index contributed by atoms with van der Waals surface area (Å²) in [7, 11) is 0. The van der Waals surface area contributed by atoms with E-state index in [9.17, 15) is 18.4 Å². The summed E-state index contributed by atoms with van der Waals surface area (Å²) >= 11 is 0. The fourth-order valence-corrected chi connectivity index (χ4v) is 3.69. The van der Waals surface area contributed by atoms with Gasteiger partial charge in [0.15, 0.2) is 11.5 Å². The van der Waals surface area contributed by atoms with Gasteiger partial charge in [0.05, 0.1) is 17.7 Å². The highest BCUT2D eigenvalue weighted by Gasteiger charge is 2.47. The largest absolute Gasteiger partial charge is 0.586 e. The fourth-order valence-electron chi connectivity index (χ4n) is 3.69. The zero-order valence-corrected chi connectivity index (χ0v) is 17.6. The molecule has 4 rings (SSSR count). The Morgan fingerprint density at radius 3 is 2.34 bits per heavy atom.